The molecule has 1 amide bonds. The van der Waals surface area contributed by atoms with E-state index in [2.05, 4.69) is 25.1 Å². The second-order valence-corrected chi connectivity index (χ2v) is 7.58. The van der Waals surface area contributed by atoms with Crippen molar-refractivity contribution in [2.45, 2.75) is 39.7 Å². The van der Waals surface area contributed by atoms with Crippen LogP contribution in [-0.2, 0) is 0 Å². The van der Waals surface area contributed by atoms with Gasteiger partial charge in [0, 0.05) is 36.9 Å². The van der Waals surface area contributed by atoms with E-state index in [1.165, 1.54) is 17.7 Å². The number of aryl methyl sites for hydroxylation is 3. The zero-order valence-electron chi connectivity index (χ0n) is 16.4. The Morgan fingerprint density at radius 1 is 1.11 bits per heavy atom. The number of furan rings is 1. The molecule has 0 bridgehead atoms. The van der Waals surface area contributed by atoms with Crippen LogP contribution in [0.25, 0.3) is 11.0 Å². The highest BCUT2D eigenvalue weighted by molar-refractivity contribution is 5.99. The monoisotopic (exact) mass is 381 g/mol. The number of halogens is 1. The Hall–Kier alpha value is -2.82. The molecule has 0 N–H and O–H groups in total. The number of ether oxygens (including phenoxy) is 1. The van der Waals surface area contributed by atoms with Crippen molar-refractivity contribution < 1.29 is 18.3 Å². The SMILES string of the molecule is Cc1ccc(C)c(OC2CCN(C(=O)c3oc4ccc(F)cc4c3C)CC2)c1. The number of likely N-dealkylation sites (tertiary alicyclic amines) is 1. The van der Waals surface area contributed by atoms with E-state index in [4.69, 9.17) is 9.15 Å². The molecular formula is C23H24FNO3. The molecule has 1 aliphatic heterocycles. The molecule has 0 atom stereocenters. The fourth-order valence-corrected chi connectivity index (χ4v) is 3.73. The average molecular weight is 381 g/mol. The van der Waals surface area contributed by atoms with Crippen LogP contribution in [0, 0.1) is 26.6 Å². The molecule has 2 aromatic carbocycles. The minimum atomic E-state index is -0.334. The molecule has 0 spiro atoms. The number of fused-ring (bicyclic) bond motifs is 1. The second-order valence-electron chi connectivity index (χ2n) is 7.58. The van der Waals surface area contributed by atoms with Crippen LogP contribution < -0.4 is 4.74 Å². The molecule has 3 aromatic rings. The molecule has 1 aromatic heterocycles. The molecule has 5 heteroatoms. The van der Waals surface area contributed by atoms with Crippen molar-refractivity contribution in [3.05, 3.63) is 64.7 Å². The highest BCUT2D eigenvalue weighted by Gasteiger charge is 2.28. The van der Waals surface area contributed by atoms with Crippen LogP contribution in [0.4, 0.5) is 4.39 Å². The molecular weight excluding hydrogens is 357 g/mol. The summed E-state index contributed by atoms with van der Waals surface area (Å²) < 4.78 is 25.4. The van der Waals surface area contributed by atoms with Crippen LogP contribution in [0.3, 0.4) is 0 Å². The van der Waals surface area contributed by atoms with Crippen molar-refractivity contribution in [2.24, 2.45) is 0 Å². The van der Waals surface area contributed by atoms with Crippen molar-refractivity contribution in [3.8, 4) is 5.75 Å². The van der Waals surface area contributed by atoms with Crippen LogP contribution in [0.1, 0.15) is 40.1 Å². The molecule has 1 saturated heterocycles. The summed E-state index contributed by atoms with van der Waals surface area (Å²) in [5.41, 5.74) is 3.52. The van der Waals surface area contributed by atoms with E-state index in [-0.39, 0.29) is 17.8 Å². The predicted octanol–water partition coefficient (Wildman–Crippen LogP) is 5.18. The highest BCUT2D eigenvalue weighted by Crippen LogP contribution is 2.29. The first-order chi connectivity index (χ1) is 13.4. The summed E-state index contributed by atoms with van der Waals surface area (Å²) in [5, 5.41) is 0.650. The van der Waals surface area contributed by atoms with Gasteiger partial charge in [-0.15, -0.1) is 0 Å². The van der Waals surface area contributed by atoms with Gasteiger partial charge in [0.25, 0.3) is 5.91 Å². The number of rotatable bonds is 3. The van der Waals surface area contributed by atoms with Crippen molar-refractivity contribution >= 4 is 16.9 Å². The number of amides is 1. The number of carbonyl (C=O) groups is 1. The fraction of sp³-hybridized carbons (Fsp3) is 0.348. The third kappa shape index (κ3) is 3.49. The Kier molecular flexibility index (Phi) is 4.84. The Bertz CT molecular complexity index is 1030. The Balaban J connectivity index is 1.44. The molecule has 4 rings (SSSR count). The minimum absolute atomic E-state index is 0.0930. The van der Waals surface area contributed by atoms with Crippen LogP contribution in [0.5, 0.6) is 5.75 Å². The summed E-state index contributed by atoms with van der Waals surface area (Å²) in [4.78, 5) is 14.7. The normalized spacial score (nSPS) is 15.2. The van der Waals surface area contributed by atoms with Gasteiger partial charge in [-0.1, -0.05) is 12.1 Å². The van der Waals surface area contributed by atoms with Gasteiger partial charge in [-0.25, -0.2) is 4.39 Å². The molecule has 0 aliphatic carbocycles. The zero-order valence-corrected chi connectivity index (χ0v) is 16.4. The Morgan fingerprint density at radius 2 is 1.86 bits per heavy atom. The first kappa shape index (κ1) is 18.5. The maximum absolute atomic E-state index is 13.5. The van der Waals surface area contributed by atoms with Crippen LogP contribution in [0.15, 0.2) is 40.8 Å². The van der Waals surface area contributed by atoms with Crippen molar-refractivity contribution in [3.63, 3.8) is 0 Å². The fourth-order valence-electron chi connectivity index (χ4n) is 3.73. The number of hydrogen-bond donors (Lipinski definition) is 0. The van der Waals surface area contributed by atoms with Crippen molar-refractivity contribution in [2.75, 3.05) is 13.1 Å². The van der Waals surface area contributed by atoms with Crippen molar-refractivity contribution in [1.82, 2.24) is 4.90 Å². The van der Waals surface area contributed by atoms with E-state index in [9.17, 15) is 9.18 Å². The molecule has 4 nitrogen and oxygen atoms in total. The quantitative estimate of drug-likeness (QED) is 0.628. The Morgan fingerprint density at radius 3 is 2.61 bits per heavy atom. The predicted molar refractivity (Wildman–Crippen MR) is 106 cm³/mol. The van der Waals surface area contributed by atoms with E-state index in [0.717, 1.165) is 24.2 Å². The first-order valence-corrected chi connectivity index (χ1v) is 9.64. The van der Waals surface area contributed by atoms with Gasteiger partial charge in [-0.2, -0.15) is 0 Å². The summed E-state index contributed by atoms with van der Waals surface area (Å²) in [5.74, 6) is 0.744. The van der Waals surface area contributed by atoms with Gasteiger partial charge in [0.05, 0.1) is 0 Å². The topological polar surface area (TPSA) is 42.7 Å². The van der Waals surface area contributed by atoms with Gasteiger partial charge in [-0.3, -0.25) is 4.79 Å². The smallest absolute Gasteiger partial charge is 0.289 e. The third-order valence-corrected chi connectivity index (χ3v) is 5.46. The first-order valence-electron chi connectivity index (χ1n) is 9.64. The van der Waals surface area contributed by atoms with Gasteiger partial charge in [0.2, 0.25) is 0 Å². The molecule has 1 aliphatic rings. The maximum atomic E-state index is 13.5. The number of carbonyl (C=O) groups excluding carboxylic acids is 1. The van der Waals surface area contributed by atoms with Crippen LogP contribution in [-0.4, -0.2) is 30.0 Å². The van der Waals surface area contributed by atoms with E-state index >= 15 is 0 Å². The lowest BCUT2D eigenvalue weighted by molar-refractivity contribution is 0.0567. The molecule has 28 heavy (non-hydrogen) atoms. The number of piperidine rings is 1. The molecule has 0 unspecified atom stereocenters. The molecule has 2 heterocycles. The largest absolute Gasteiger partial charge is 0.490 e. The molecule has 0 saturated carbocycles. The number of hydrogen-bond acceptors (Lipinski definition) is 3. The summed E-state index contributed by atoms with van der Waals surface area (Å²) >= 11 is 0. The summed E-state index contributed by atoms with van der Waals surface area (Å²) in [6, 6.07) is 10.5. The van der Waals surface area contributed by atoms with Crippen LogP contribution in [0.2, 0.25) is 0 Å². The standard InChI is InChI=1S/C23H24FNO3/c1-14-4-5-15(2)21(12-14)27-18-8-10-25(11-9-18)23(26)22-16(3)19-13-17(24)6-7-20(19)28-22/h4-7,12-13,18H,8-11H2,1-3H3. The van der Waals surface area contributed by atoms with Gasteiger partial charge in [0.15, 0.2) is 5.76 Å². The van der Waals surface area contributed by atoms with Crippen molar-refractivity contribution in [1.29, 1.82) is 0 Å². The molecule has 0 radical (unpaired) electrons. The van der Waals surface area contributed by atoms with E-state index in [1.807, 2.05) is 6.92 Å². The van der Waals surface area contributed by atoms with Gasteiger partial charge in [0.1, 0.15) is 23.3 Å². The lowest BCUT2D eigenvalue weighted by Gasteiger charge is -2.32. The van der Waals surface area contributed by atoms with E-state index in [0.29, 0.717) is 35.4 Å². The summed E-state index contributed by atoms with van der Waals surface area (Å²) in [6.45, 7) is 7.11. The minimum Gasteiger partial charge on any atom is -0.490 e. The van der Waals surface area contributed by atoms with Gasteiger partial charge < -0.3 is 14.1 Å². The summed E-state index contributed by atoms with van der Waals surface area (Å²) in [7, 11) is 0. The number of benzene rings is 2. The zero-order chi connectivity index (χ0) is 19.8. The average Bonchev–Trinajstić information content (AvgIpc) is 3.01. The molecule has 146 valence electrons. The lowest BCUT2D eigenvalue weighted by atomic mass is 10.1. The highest BCUT2D eigenvalue weighted by atomic mass is 19.1. The maximum Gasteiger partial charge on any atom is 0.289 e. The lowest BCUT2D eigenvalue weighted by Crippen LogP contribution is -2.41. The van der Waals surface area contributed by atoms with E-state index < -0.39 is 0 Å². The van der Waals surface area contributed by atoms with Gasteiger partial charge in [-0.05, 0) is 56.2 Å². The van der Waals surface area contributed by atoms with Crippen LogP contribution >= 0.6 is 0 Å². The summed E-state index contributed by atoms with van der Waals surface area (Å²) in [6.07, 6.45) is 1.63. The Labute approximate surface area is 163 Å². The molecule has 1 fully saturated rings. The number of nitrogens with zero attached hydrogens (tertiary/aromatic N) is 1. The van der Waals surface area contributed by atoms with Gasteiger partial charge >= 0.3 is 0 Å². The van der Waals surface area contributed by atoms with E-state index in [1.54, 1.807) is 17.9 Å². The second kappa shape index (κ2) is 7.30. The third-order valence-electron chi connectivity index (χ3n) is 5.46.